The number of sulfonamides is 1. The molecule has 0 saturated heterocycles. The van der Waals surface area contributed by atoms with Gasteiger partial charge in [-0.2, -0.15) is 0 Å². The number of rotatable bonds is 7. The third-order valence-electron chi connectivity index (χ3n) is 3.23. The Morgan fingerprint density at radius 3 is 2.50 bits per heavy atom. The number of hydrogen-bond acceptors (Lipinski definition) is 4. The summed E-state index contributed by atoms with van der Waals surface area (Å²) in [7, 11) is -2.35. The summed E-state index contributed by atoms with van der Waals surface area (Å²) < 4.78 is 32.9. The van der Waals surface area contributed by atoms with Gasteiger partial charge in [0, 0.05) is 17.9 Å². The summed E-state index contributed by atoms with van der Waals surface area (Å²) in [5, 5.41) is 6.24. The number of methoxy groups -OCH3 is 1. The Hall–Kier alpha value is -2.29. The van der Waals surface area contributed by atoms with Crippen LogP contribution in [-0.2, 0) is 10.0 Å². The summed E-state index contributed by atoms with van der Waals surface area (Å²) in [6.45, 7) is 4.08. The van der Waals surface area contributed by atoms with Crippen molar-refractivity contribution in [1.29, 1.82) is 0 Å². The maximum Gasteiger partial charge on any atom is 0.263 e. The zero-order valence-electron chi connectivity index (χ0n) is 14.0. The molecule has 0 atom stereocenters. The van der Waals surface area contributed by atoms with Gasteiger partial charge in [-0.25, -0.2) is 8.42 Å². The quantitative estimate of drug-likeness (QED) is 0.477. The number of nitrogens with one attached hydrogen (secondary N) is 3. The number of anilines is 2. The van der Waals surface area contributed by atoms with E-state index in [4.69, 9.17) is 28.6 Å². The second kappa shape index (κ2) is 8.88. The van der Waals surface area contributed by atoms with Gasteiger partial charge >= 0.3 is 0 Å². The van der Waals surface area contributed by atoms with E-state index < -0.39 is 10.0 Å². The monoisotopic (exact) mass is 411 g/mol. The second-order valence-corrected chi connectivity index (χ2v) is 7.57. The Kier molecular flexibility index (Phi) is 6.84. The molecule has 2 aromatic rings. The SMILES string of the molecule is C=CCNC(=S)Nc1ccc(Cl)c(S(=O)(=O)Nc2ccc(OC)cc2)c1. The van der Waals surface area contributed by atoms with Crippen LogP contribution in [0.3, 0.4) is 0 Å². The van der Waals surface area contributed by atoms with E-state index in [0.29, 0.717) is 28.8 Å². The molecule has 0 aliphatic carbocycles. The van der Waals surface area contributed by atoms with E-state index in [0.717, 1.165) is 0 Å². The first kappa shape index (κ1) is 20.0. The van der Waals surface area contributed by atoms with E-state index in [1.165, 1.54) is 19.2 Å². The molecule has 0 aromatic heterocycles. The van der Waals surface area contributed by atoms with Crippen LogP contribution in [0.2, 0.25) is 5.02 Å². The molecular weight excluding hydrogens is 394 g/mol. The van der Waals surface area contributed by atoms with Crippen LogP contribution in [0.25, 0.3) is 0 Å². The second-order valence-electron chi connectivity index (χ2n) is 5.10. The van der Waals surface area contributed by atoms with Gasteiger partial charge in [-0.3, -0.25) is 4.72 Å². The predicted molar refractivity (Wildman–Crippen MR) is 110 cm³/mol. The largest absolute Gasteiger partial charge is 0.497 e. The summed E-state index contributed by atoms with van der Waals surface area (Å²) in [5.74, 6) is 0.623. The van der Waals surface area contributed by atoms with Crippen molar-refractivity contribution in [1.82, 2.24) is 5.32 Å². The lowest BCUT2D eigenvalue weighted by Crippen LogP contribution is -2.28. The molecule has 2 rings (SSSR count). The van der Waals surface area contributed by atoms with Gasteiger partial charge in [0.25, 0.3) is 10.0 Å². The Morgan fingerprint density at radius 1 is 1.23 bits per heavy atom. The maximum absolute atomic E-state index is 12.7. The summed E-state index contributed by atoms with van der Waals surface area (Å²) in [6, 6.07) is 11.0. The van der Waals surface area contributed by atoms with Crippen LogP contribution < -0.4 is 20.1 Å². The van der Waals surface area contributed by atoms with E-state index >= 15 is 0 Å². The van der Waals surface area contributed by atoms with Crippen molar-refractivity contribution in [3.63, 3.8) is 0 Å². The molecule has 0 aliphatic heterocycles. The highest BCUT2D eigenvalue weighted by Crippen LogP contribution is 2.27. The molecule has 0 spiro atoms. The van der Waals surface area contributed by atoms with Crippen molar-refractivity contribution in [3.05, 3.63) is 60.1 Å². The van der Waals surface area contributed by atoms with Crippen LogP contribution in [0.15, 0.2) is 60.0 Å². The summed E-state index contributed by atoms with van der Waals surface area (Å²) in [5.41, 5.74) is 0.884. The van der Waals surface area contributed by atoms with Crippen molar-refractivity contribution in [2.75, 3.05) is 23.7 Å². The van der Waals surface area contributed by atoms with Crippen LogP contribution >= 0.6 is 23.8 Å². The van der Waals surface area contributed by atoms with Crippen molar-refractivity contribution in [2.45, 2.75) is 4.90 Å². The summed E-state index contributed by atoms with van der Waals surface area (Å²) in [4.78, 5) is -0.0634. The van der Waals surface area contributed by atoms with Gasteiger partial charge in [-0.05, 0) is 54.7 Å². The molecule has 26 heavy (non-hydrogen) atoms. The van der Waals surface area contributed by atoms with Crippen molar-refractivity contribution in [3.8, 4) is 5.75 Å². The minimum atomic E-state index is -3.88. The number of benzene rings is 2. The fraction of sp³-hybridized carbons (Fsp3) is 0.118. The summed E-state index contributed by atoms with van der Waals surface area (Å²) >= 11 is 11.2. The van der Waals surface area contributed by atoms with Crippen LogP contribution in [0.5, 0.6) is 5.75 Å². The number of thiocarbonyl (C=S) groups is 1. The Labute approximate surface area is 163 Å². The zero-order chi connectivity index (χ0) is 19.2. The third-order valence-corrected chi connectivity index (χ3v) is 5.34. The first-order chi connectivity index (χ1) is 12.4. The Bertz CT molecular complexity index is 900. The minimum absolute atomic E-state index is 0.0634. The molecule has 0 unspecified atom stereocenters. The third kappa shape index (κ3) is 5.35. The van der Waals surface area contributed by atoms with E-state index in [1.807, 2.05) is 0 Å². The van der Waals surface area contributed by atoms with E-state index in [2.05, 4.69) is 21.9 Å². The highest BCUT2D eigenvalue weighted by Gasteiger charge is 2.19. The lowest BCUT2D eigenvalue weighted by Gasteiger charge is -2.13. The number of hydrogen-bond donors (Lipinski definition) is 3. The van der Waals surface area contributed by atoms with Crippen molar-refractivity contribution in [2.24, 2.45) is 0 Å². The van der Waals surface area contributed by atoms with E-state index in [9.17, 15) is 8.42 Å². The van der Waals surface area contributed by atoms with Gasteiger partial charge in [-0.1, -0.05) is 17.7 Å². The predicted octanol–water partition coefficient (Wildman–Crippen LogP) is 3.62. The summed E-state index contributed by atoms with van der Waals surface area (Å²) in [6.07, 6.45) is 1.66. The molecule has 0 amide bonds. The molecule has 0 radical (unpaired) electrons. The van der Waals surface area contributed by atoms with Crippen LogP contribution in [0.4, 0.5) is 11.4 Å². The van der Waals surface area contributed by atoms with Gasteiger partial charge in [0.1, 0.15) is 10.6 Å². The fourth-order valence-corrected chi connectivity index (χ4v) is 3.78. The standard InChI is InChI=1S/C17H18ClN3O3S2/c1-3-10-19-17(25)20-13-6-9-15(18)16(11-13)26(22,23)21-12-4-7-14(24-2)8-5-12/h3-9,11,21H,1,10H2,2H3,(H2,19,20,25). The molecule has 138 valence electrons. The smallest absolute Gasteiger partial charge is 0.263 e. The Morgan fingerprint density at radius 2 is 1.88 bits per heavy atom. The average molecular weight is 412 g/mol. The lowest BCUT2D eigenvalue weighted by atomic mass is 10.3. The van der Waals surface area contributed by atoms with Crippen molar-refractivity contribution >= 4 is 50.3 Å². The van der Waals surface area contributed by atoms with Crippen LogP contribution in [-0.4, -0.2) is 27.2 Å². The first-order valence-electron chi connectivity index (χ1n) is 7.48. The van der Waals surface area contributed by atoms with Gasteiger partial charge in [-0.15, -0.1) is 6.58 Å². The normalized spacial score (nSPS) is 10.7. The highest BCUT2D eigenvalue weighted by molar-refractivity contribution is 7.92. The van der Waals surface area contributed by atoms with E-state index in [1.54, 1.807) is 36.4 Å². The average Bonchev–Trinajstić information content (AvgIpc) is 2.61. The molecule has 0 saturated carbocycles. The Balaban J connectivity index is 2.22. The molecule has 3 N–H and O–H groups in total. The molecule has 9 heteroatoms. The van der Waals surface area contributed by atoms with Crippen LogP contribution in [0.1, 0.15) is 0 Å². The molecular formula is C17H18ClN3O3S2. The first-order valence-corrected chi connectivity index (χ1v) is 9.75. The number of halogens is 1. The van der Waals surface area contributed by atoms with Crippen molar-refractivity contribution < 1.29 is 13.2 Å². The number of ether oxygens (including phenoxy) is 1. The van der Waals surface area contributed by atoms with E-state index in [-0.39, 0.29) is 9.92 Å². The fourth-order valence-electron chi connectivity index (χ4n) is 2.00. The molecule has 0 bridgehead atoms. The van der Waals surface area contributed by atoms with Gasteiger partial charge in [0.05, 0.1) is 12.1 Å². The van der Waals surface area contributed by atoms with Gasteiger partial charge in [0.2, 0.25) is 0 Å². The molecule has 0 aliphatic rings. The molecule has 0 fully saturated rings. The maximum atomic E-state index is 12.7. The minimum Gasteiger partial charge on any atom is -0.497 e. The van der Waals surface area contributed by atoms with Gasteiger partial charge in [0.15, 0.2) is 5.11 Å². The van der Waals surface area contributed by atoms with Crippen LogP contribution in [0, 0.1) is 0 Å². The molecule has 0 heterocycles. The lowest BCUT2D eigenvalue weighted by molar-refractivity contribution is 0.415. The zero-order valence-corrected chi connectivity index (χ0v) is 16.3. The highest BCUT2D eigenvalue weighted by atomic mass is 35.5. The topological polar surface area (TPSA) is 79.5 Å². The van der Waals surface area contributed by atoms with Gasteiger partial charge < -0.3 is 15.4 Å². The molecule has 2 aromatic carbocycles. The molecule has 6 nitrogen and oxygen atoms in total.